The van der Waals surface area contributed by atoms with Crippen LogP contribution in [0.15, 0.2) is 35.3 Å². The number of nitrogens with one attached hydrogen (secondary N) is 1. The van der Waals surface area contributed by atoms with Crippen molar-refractivity contribution in [3.63, 3.8) is 0 Å². The van der Waals surface area contributed by atoms with E-state index in [0.29, 0.717) is 23.6 Å². The van der Waals surface area contributed by atoms with Gasteiger partial charge in [-0.3, -0.25) is 9.89 Å². The van der Waals surface area contributed by atoms with Crippen LogP contribution < -0.4 is 11.3 Å². The van der Waals surface area contributed by atoms with E-state index in [-0.39, 0.29) is 5.56 Å². The fourth-order valence-electron chi connectivity index (χ4n) is 1.55. The second kappa shape index (κ2) is 4.55. The van der Waals surface area contributed by atoms with E-state index in [4.69, 9.17) is 17.3 Å². The highest BCUT2D eigenvalue weighted by Crippen LogP contribution is 2.12. The number of aromatic amines is 1. The van der Waals surface area contributed by atoms with E-state index in [1.54, 1.807) is 24.4 Å². The Kier molecular flexibility index (Phi) is 3.12. The summed E-state index contributed by atoms with van der Waals surface area (Å²) in [5.74, 6) is 0. The van der Waals surface area contributed by atoms with Crippen molar-refractivity contribution in [3.8, 4) is 5.69 Å². The van der Waals surface area contributed by atoms with E-state index in [0.717, 1.165) is 5.69 Å². The van der Waals surface area contributed by atoms with Crippen molar-refractivity contribution in [1.29, 1.82) is 0 Å². The fraction of sp³-hybridized carbons (Fsp3) is 0.182. The molecule has 1 aromatic heterocycles. The number of nitrogens with two attached hydrogens (primary N) is 1. The molecule has 2 aromatic rings. The zero-order valence-corrected chi connectivity index (χ0v) is 9.37. The number of benzene rings is 1. The highest BCUT2D eigenvalue weighted by Gasteiger charge is 2.06. The molecule has 1 heterocycles. The Morgan fingerprint density at radius 3 is 2.94 bits per heavy atom. The second-order valence-electron chi connectivity index (χ2n) is 3.46. The van der Waals surface area contributed by atoms with Crippen LogP contribution in [0.25, 0.3) is 5.69 Å². The van der Waals surface area contributed by atoms with Gasteiger partial charge < -0.3 is 5.73 Å². The Morgan fingerprint density at radius 1 is 1.44 bits per heavy atom. The topological polar surface area (TPSA) is 63.8 Å². The van der Waals surface area contributed by atoms with Crippen LogP contribution in [0.1, 0.15) is 5.56 Å². The van der Waals surface area contributed by atoms with E-state index < -0.39 is 0 Å². The normalized spacial score (nSPS) is 10.6. The lowest BCUT2D eigenvalue weighted by Gasteiger charge is -2.01. The molecule has 0 saturated heterocycles. The van der Waals surface area contributed by atoms with Gasteiger partial charge in [-0.25, -0.2) is 4.68 Å². The lowest BCUT2D eigenvalue weighted by molar-refractivity contribution is 0.844. The molecule has 0 radical (unpaired) electrons. The van der Waals surface area contributed by atoms with Gasteiger partial charge in [0.05, 0.1) is 5.69 Å². The molecule has 0 saturated carbocycles. The number of hydrogen-bond donors (Lipinski definition) is 2. The summed E-state index contributed by atoms with van der Waals surface area (Å²) in [5, 5.41) is 3.49. The van der Waals surface area contributed by atoms with Crippen LogP contribution in [0.4, 0.5) is 0 Å². The number of aromatic nitrogens is 2. The van der Waals surface area contributed by atoms with Crippen LogP contribution in [0, 0.1) is 0 Å². The maximum atomic E-state index is 11.9. The summed E-state index contributed by atoms with van der Waals surface area (Å²) in [6.07, 6.45) is 2.25. The monoisotopic (exact) mass is 237 g/mol. The van der Waals surface area contributed by atoms with Crippen LogP contribution in [-0.4, -0.2) is 16.3 Å². The molecule has 0 unspecified atom stereocenters. The molecule has 0 aliphatic carbocycles. The summed E-state index contributed by atoms with van der Waals surface area (Å²) in [7, 11) is 0. The second-order valence-corrected chi connectivity index (χ2v) is 3.89. The number of nitrogens with zero attached hydrogens (tertiary/aromatic N) is 1. The molecule has 3 N–H and O–H groups in total. The smallest absolute Gasteiger partial charge is 0.274 e. The fourth-order valence-corrected chi connectivity index (χ4v) is 1.73. The Bertz CT molecular complexity index is 544. The zero-order chi connectivity index (χ0) is 11.5. The molecule has 84 valence electrons. The van der Waals surface area contributed by atoms with Crippen LogP contribution >= 0.6 is 11.6 Å². The van der Waals surface area contributed by atoms with Gasteiger partial charge in [0.15, 0.2) is 0 Å². The summed E-state index contributed by atoms with van der Waals surface area (Å²) >= 11 is 5.87. The van der Waals surface area contributed by atoms with E-state index >= 15 is 0 Å². The van der Waals surface area contributed by atoms with Crippen molar-refractivity contribution < 1.29 is 0 Å². The third-order valence-electron chi connectivity index (χ3n) is 2.33. The minimum atomic E-state index is -0.0762. The maximum absolute atomic E-state index is 11.9. The van der Waals surface area contributed by atoms with Crippen molar-refractivity contribution >= 4 is 11.6 Å². The maximum Gasteiger partial charge on any atom is 0.274 e. The summed E-state index contributed by atoms with van der Waals surface area (Å²) in [4.78, 5) is 11.9. The van der Waals surface area contributed by atoms with Crippen LogP contribution in [0.3, 0.4) is 0 Å². The lowest BCUT2D eigenvalue weighted by atomic mass is 10.2. The van der Waals surface area contributed by atoms with Crippen molar-refractivity contribution in [2.45, 2.75) is 6.42 Å². The third kappa shape index (κ3) is 2.03. The largest absolute Gasteiger partial charge is 0.330 e. The molecule has 0 bridgehead atoms. The predicted octanol–water partition coefficient (Wildman–Crippen LogP) is 1.32. The first-order valence-electron chi connectivity index (χ1n) is 4.97. The highest BCUT2D eigenvalue weighted by molar-refractivity contribution is 6.30. The SMILES string of the molecule is NCCc1c[nH]n(-c2cccc(Cl)c2)c1=O. The van der Waals surface area contributed by atoms with Gasteiger partial charge in [0.1, 0.15) is 0 Å². The molecule has 0 amide bonds. The van der Waals surface area contributed by atoms with Gasteiger partial charge in [0.25, 0.3) is 5.56 Å². The Balaban J connectivity index is 2.45. The van der Waals surface area contributed by atoms with Gasteiger partial charge in [0.2, 0.25) is 0 Å². The van der Waals surface area contributed by atoms with Crippen molar-refractivity contribution in [2.75, 3.05) is 6.54 Å². The Labute approximate surface area is 97.6 Å². The van der Waals surface area contributed by atoms with Crippen LogP contribution in [-0.2, 0) is 6.42 Å². The average Bonchev–Trinajstić information content (AvgIpc) is 2.61. The predicted molar refractivity (Wildman–Crippen MR) is 64.2 cm³/mol. The number of rotatable bonds is 3. The highest BCUT2D eigenvalue weighted by atomic mass is 35.5. The summed E-state index contributed by atoms with van der Waals surface area (Å²) in [5.41, 5.74) is 6.75. The van der Waals surface area contributed by atoms with Gasteiger partial charge in [-0.2, -0.15) is 0 Å². The molecular weight excluding hydrogens is 226 g/mol. The van der Waals surface area contributed by atoms with E-state index in [2.05, 4.69) is 5.10 Å². The molecule has 1 aromatic carbocycles. The molecule has 2 rings (SSSR count). The number of H-pyrrole nitrogens is 1. The molecule has 16 heavy (non-hydrogen) atoms. The first kappa shape index (κ1) is 11.0. The summed E-state index contributed by atoms with van der Waals surface area (Å²) < 4.78 is 1.46. The standard InChI is InChI=1S/C11H12ClN3O/c12-9-2-1-3-10(6-9)15-11(16)8(4-5-13)7-14-15/h1-3,6-7,14H,4-5,13H2. The van der Waals surface area contributed by atoms with Gasteiger partial charge in [-0.1, -0.05) is 17.7 Å². The molecule has 0 atom stereocenters. The minimum absolute atomic E-state index is 0.0762. The Hall–Kier alpha value is -1.52. The summed E-state index contributed by atoms with van der Waals surface area (Å²) in [6, 6.07) is 7.11. The Morgan fingerprint density at radius 2 is 2.25 bits per heavy atom. The minimum Gasteiger partial charge on any atom is -0.330 e. The van der Waals surface area contributed by atoms with Gasteiger partial charge in [0, 0.05) is 16.8 Å². The third-order valence-corrected chi connectivity index (χ3v) is 2.56. The van der Waals surface area contributed by atoms with Gasteiger partial charge in [-0.05, 0) is 31.2 Å². The van der Waals surface area contributed by atoms with E-state index in [1.807, 2.05) is 6.07 Å². The lowest BCUT2D eigenvalue weighted by Crippen LogP contribution is -2.19. The molecule has 0 spiro atoms. The number of halogens is 1. The van der Waals surface area contributed by atoms with Crippen LogP contribution in [0.2, 0.25) is 5.02 Å². The molecule has 0 aliphatic heterocycles. The number of hydrogen-bond acceptors (Lipinski definition) is 2. The molecule has 0 fully saturated rings. The van der Waals surface area contributed by atoms with Crippen molar-refractivity contribution in [3.05, 3.63) is 51.4 Å². The first-order valence-corrected chi connectivity index (χ1v) is 5.35. The van der Waals surface area contributed by atoms with E-state index in [9.17, 15) is 4.79 Å². The quantitative estimate of drug-likeness (QED) is 0.846. The first-order chi connectivity index (χ1) is 7.72. The summed E-state index contributed by atoms with van der Waals surface area (Å²) in [6.45, 7) is 0.461. The van der Waals surface area contributed by atoms with Crippen LogP contribution in [0.5, 0.6) is 0 Å². The molecule has 4 nitrogen and oxygen atoms in total. The van der Waals surface area contributed by atoms with Gasteiger partial charge >= 0.3 is 0 Å². The van der Waals surface area contributed by atoms with Crippen molar-refractivity contribution in [2.24, 2.45) is 5.73 Å². The molecule has 5 heteroatoms. The molecular formula is C11H12ClN3O. The zero-order valence-electron chi connectivity index (χ0n) is 8.61. The average molecular weight is 238 g/mol. The van der Waals surface area contributed by atoms with Crippen molar-refractivity contribution in [1.82, 2.24) is 9.78 Å². The van der Waals surface area contributed by atoms with Gasteiger partial charge in [-0.15, -0.1) is 0 Å². The van der Waals surface area contributed by atoms with E-state index in [1.165, 1.54) is 4.68 Å². The molecule has 0 aliphatic rings.